The fraction of sp³-hybridized carbons (Fsp3) is 0.0556. The molecule has 6 nitrogen and oxygen atoms in total. The molecule has 4 aromatic rings. The van der Waals surface area contributed by atoms with Gasteiger partial charge in [-0.25, -0.2) is 10.4 Å². The Labute approximate surface area is 147 Å². The number of para-hydroxylation sites is 1. The van der Waals surface area contributed by atoms with E-state index in [0.29, 0.717) is 10.7 Å². The molecule has 0 radical (unpaired) electrons. The summed E-state index contributed by atoms with van der Waals surface area (Å²) in [6, 6.07) is 13.3. The molecule has 4 rings (SSSR count). The van der Waals surface area contributed by atoms with E-state index in [2.05, 4.69) is 15.5 Å². The van der Waals surface area contributed by atoms with Crippen LogP contribution in [-0.4, -0.2) is 21.7 Å². The molecule has 7 heteroatoms. The Morgan fingerprint density at radius 3 is 3.04 bits per heavy atom. The molecule has 2 aromatic carbocycles. The second kappa shape index (κ2) is 6.03. The van der Waals surface area contributed by atoms with Crippen LogP contribution < -0.4 is 11.2 Å². The van der Waals surface area contributed by atoms with Gasteiger partial charge in [-0.2, -0.15) is 5.10 Å². The van der Waals surface area contributed by atoms with Crippen molar-refractivity contribution in [1.82, 2.24) is 15.0 Å². The minimum Gasteiger partial charge on any atom is -0.375 e. The number of hydrogen-bond donors (Lipinski definition) is 2. The van der Waals surface area contributed by atoms with Crippen LogP contribution in [0.2, 0.25) is 0 Å². The minimum absolute atomic E-state index is 0.273. The monoisotopic (exact) mass is 349 g/mol. The van der Waals surface area contributed by atoms with Gasteiger partial charge >= 0.3 is 0 Å². The van der Waals surface area contributed by atoms with Gasteiger partial charge in [0, 0.05) is 35.3 Å². The van der Waals surface area contributed by atoms with E-state index < -0.39 is 0 Å². The predicted octanol–water partition coefficient (Wildman–Crippen LogP) is 3.13. The van der Waals surface area contributed by atoms with Crippen LogP contribution >= 0.6 is 11.3 Å². The van der Waals surface area contributed by atoms with Gasteiger partial charge in [0.2, 0.25) is 0 Å². The maximum atomic E-state index is 12.3. The lowest BCUT2D eigenvalue weighted by atomic mass is 10.2. The van der Waals surface area contributed by atoms with Crippen molar-refractivity contribution in [2.24, 2.45) is 12.1 Å². The summed E-state index contributed by atoms with van der Waals surface area (Å²) in [5.74, 6) is -0.273. The molecule has 3 N–H and O–H groups in total. The largest absolute Gasteiger partial charge is 0.375 e. The van der Waals surface area contributed by atoms with E-state index in [1.165, 1.54) is 11.3 Å². The molecule has 124 valence electrons. The normalized spacial score (nSPS) is 11.6. The van der Waals surface area contributed by atoms with Crippen LogP contribution in [0.4, 0.5) is 5.13 Å². The predicted molar refractivity (Wildman–Crippen MR) is 102 cm³/mol. The van der Waals surface area contributed by atoms with Crippen LogP contribution in [-0.2, 0) is 7.05 Å². The van der Waals surface area contributed by atoms with Crippen molar-refractivity contribution < 1.29 is 4.79 Å². The van der Waals surface area contributed by atoms with Gasteiger partial charge in [0.25, 0.3) is 5.91 Å². The number of fused-ring (bicyclic) bond motifs is 2. The van der Waals surface area contributed by atoms with Crippen molar-refractivity contribution in [2.75, 3.05) is 5.73 Å². The highest BCUT2D eigenvalue weighted by Crippen LogP contribution is 2.24. The van der Waals surface area contributed by atoms with Gasteiger partial charge in [0.15, 0.2) is 5.13 Å². The SMILES string of the molecule is Cn1cc(/C=N\NC(=O)c2ccc3nc(N)sc3c2)c2ccccc21. The van der Waals surface area contributed by atoms with Crippen LogP contribution in [0.3, 0.4) is 0 Å². The molecule has 25 heavy (non-hydrogen) atoms. The van der Waals surface area contributed by atoms with E-state index >= 15 is 0 Å². The summed E-state index contributed by atoms with van der Waals surface area (Å²) in [6.45, 7) is 0. The number of nitrogens with zero attached hydrogens (tertiary/aromatic N) is 3. The third-order valence-electron chi connectivity index (χ3n) is 3.96. The van der Waals surface area contributed by atoms with Crippen LogP contribution in [0.25, 0.3) is 21.1 Å². The molecule has 0 aliphatic heterocycles. The number of nitrogens with one attached hydrogen (secondary N) is 1. The number of anilines is 1. The zero-order valence-electron chi connectivity index (χ0n) is 13.4. The average molecular weight is 349 g/mol. The molecule has 0 fully saturated rings. The highest BCUT2D eigenvalue weighted by Gasteiger charge is 2.08. The van der Waals surface area contributed by atoms with E-state index in [-0.39, 0.29) is 5.91 Å². The number of rotatable bonds is 3. The zero-order chi connectivity index (χ0) is 17.4. The molecular formula is C18H15N5OS. The number of aryl methyl sites for hydroxylation is 1. The summed E-state index contributed by atoms with van der Waals surface area (Å²) < 4.78 is 2.91. The molecular weight excluding hydrogens is 334 g/mol. The molecule has 2 aromatic heterocycles. The summed E-state index contributed by atoms with van der Waals surface area (Å²) >= 11 is 1.35. The van der Waals surface area contributed by atoms with Gasteiger partial charge in [-0.15, -0.1) is 0 Å². The lowest BCUT2D eigenvalue weighted by Crippen LogP contribution is -2.17. The lowest BCUT2D eigenvalue weighted by molar-refractivity contribution is 0.0955. The topological polar surface area (TPSA) is 85.3 Å². The Bertz CT molecular complexity index is 1130. The number of hydrogen-bond acceptors (Lipinski definition) is 5. The number of carbonyl (C=O) groups excluding carboxylic acids is 1. The van der Waals surface area contributed by atoms with E-state index in [0.717, 1.165) is 26.7 Å². The molecule has 0 aliphatic rings. The summed E-state index contributed by atoms with van der Waals surface area (Å²) in [6.07, 6.45) is 3.63. The summed E-state index contributed by atoms with van der Waals surface area (Å²) in [7, 11) is 1.98. The molecule has 0 aliphatic carbocycles. The number of thiazole rings is 1. The van der Waals surface area contributed by atoms with Gasteiger partial charge in [0.05, 0.1) is 16.4 Å². The quantitative estimate of drug-likeness (QED) is 0.440. The number of nitrogen functional groups attached to an aromatic ring is 1. The van der Waals surface area contributed by atoms with Gasteiger partial charge in [-0.3, -0.25) is 4.79 Å². The number of amides is 1. The standard InChI is InChI=1S/C18H15N5OS/c1-23-10-12(13-4-2-3-5-15(13)23)9-20-22-17(24)11-6-7-14-16(8-11)25-18(19)21-14/h2-10H,1H3,(H2,19,21)(H,22,24)/b20-9-. The number of carbonyl (C=O) groups is 1. The molecule has 2 heterocycles. The summed E-state index contributed by atoms with van der Waals surface area (Å²) in [5, 5.41) is 5.67. The van der Waals surface area contributed by atoms with Crippen LogP contribution in [0.1, 0.15) is 15.9 Å². The molecule has 0 spiro atoms. The average Bonchev–Trinajstić information content (AvgIpc) is 3.14. The van der Waals surface area contributed by atoms with Crippen LogP contribution in [0.15, 0.2) is 53.8 Å². The second-order valence-corrected chi connectivity index (χ2v) is 6.71. The fourth-order valence-corrected chi connectivity index (χ4v) is 3.56. The van der Waals surface area contributed by atoms with E-state index in [9.17, 15) is 4.79 Å². The van der Waals surface area contributed by atoms with Gasteiger partial charge in [-0.1, -0.05) is 29.5 Å². The Balaban J connectivity index is 1.54. The van der Waals surface area contributed by atoms with Gasteiger partial charge < -0.3 is 10.3 Å². The maximum Gasteiger partial charge on any atom is 0.271 e. The molecule has 0 unspecified atom stereocenters. The first-order chi connectivity index (χ1) is 12.1. The highest BCUT2D eigenvalue weighted by molar-refractivity contribution is 7.22. The van der Waals surface area contributed by atoms with Crippen molar-refractivity contribution in [1.29, 1.82) is 0 Å². The number of hydrazone groups is 1. The second-order valence-electron chi connectivity index (χ2n) is 5.65. The first kappa shape index (κ1) is 15.3. The highest BCUT2D eigenvalue weighted by atomic mass is 32.1. The Morgan fingerprint density at radius 2 is 2.16 bits per heavy atom. The maximum absolute atomic E-state index is 12.3. The van der Waals surface area contributed by atoms with Crippen molar-refractivity contribution in [3.63, 3.8) is 0 Å². The third-order valence-corrected chi connectivity index (χ3v) is 4.81. The first-order valence-electron chi connectivity index (χ1n) is 7.65. The number of aromatic nitrogens is 2. The van der Waals surface area contributed by atoms with Gasteiger partial charge in [0.1, 0.15) is 0 Å². The first-order valence-corrected chi connectivity index (χ1v) is 8.47. The minimum atomic E-state index is -0.273. The molecule has 1 amide bonds. The van der Waals surface area contributed by atoms with Gasteiger partial charge in [-0.05, 0) is 24.3 Å². The third kappa shape index (κ3) is 2.85. The Morgan fingerprint density at radius 1 is 1.32 bits per heavy atom. The van der Waals surface area contributed by atoms with Crippen LogP contribution in [0.5, 0.6) is 0 Å². The number of benzene rings is 2. The molecule has 0 saturated heterocycles. The Hall–Kier alpha value is -3.19. The van der Waals surface area contributed by atoms with Crippen molar-refractivity contribution >= 4 is 49.7 Å². The molecule has 0 saturated carbocycles. The molecule has 0 bridgehead atoms. The Kier molecular flexibility index (Phi) is 3.70. The zero-order valence-corrected chi connectivity index (χ0v) is 14.2. The summed E-state index contributed by atoms with van der Waals surface area (Å²) in [4.78, 5) is 16.5. The van der Waals surface area contributed by atoms with Crippen molar-refractivity contribution in [2.45, 2.75) is 0 Å². The smallest absolute Gasteiger partial charge is 0.271 e. The van der Waals surface area contributed by atoms with E-state index in [1.54, 1.807) is 24.4 Å². The fourth-order valence-electron chi connectivity index (χ4n) is 2.78. The van der Waals surface area contributed by atoms with Crippen molar-refractivity contribution in [3.8, 4) is 0 Å². The van der Waals surface area contributed by atoms with E-state index in [4.69, 9.17) is 5.73 Å². The molecule has 0 atom stereocenters. The number of nitrogens with two attached hydrogens (primary N) is 1. The van der Waals surface area contributed by atoms with Crippen LogP contribution in [0, 0.1) is 0 Å². The van der Waals surface area contributed by atoms with Crippen molar-refractivity contribution in [3.05, 3.63) is 59.8 Å². The lowest BCUT2D eigenvalue weighted by Gasteiger charge is -1.99. The summed E-state index contributed by atoms with van der Waals surface area (Å²) in [5.41, 5.74) is 11.6. The van der Waals surface area contributed by atoms with E-state index in [1.807, 2.05) is 42.1 Å².